The zero-order valence-corrected chi connectivity index (χ0v) is 11.9. The summed E-state index contributed by atoms with van der Waals surface area (Å²) in [4.78, 5) is 23.9. The lowest BCUT2D eigenvalue weighted by Gasteiger charge is -2.14. The summed E-state index contributed by atoms with van der Waals surface area (Å²) in [6.07, 6.45) is 2.28. The van der Waals surface area contributed by atoms with Crippen LogP contribution in [0.5, 0.6) is 0 Å². The molecular weight excluding hydrogens is 256 g/mol. The highest BCUT2D eigenvalue weighted by Crippen LogP contribution is 2.32. The molecule has 1 aromatic rings. The number of nitrogens with zero attached hydrogens (tertiary/aromatic N) is 3. The molecule has 6 heteroatoms. The molecule has 1 atom stereocenters. The SMILES string of the molecule is Cc1nn(CC(=O)N[C@@H](C)C2CC2)c(=O)c(C#N)c1C. The Hall–Kier alpha value is -2.16. The first-order valence-corrected chi connectivity index (χ1v) is 6.71. The van der Waals surface area contributed by atoms with Gasteiger partial charge in [-0.3, -0.25) is 9.59 Å². The van der Waals surface area contributed by atoms with Crippen molar-refractivity contribution in [3.63, 3.8) is 0 Å². The molecule has 1 fully saturated rings. The van der Waals surface area contributed by atoms with Crippen LogP contribution in [-0.2, 0) is 11.3 Å². The Morgan fingerprint density at radius 2 is 2.20 bits per heavy atom. The predicted molar refractivity (Wildman–Crippen MR) is 73.0 cm³/mol. The van der Waals surface area contributed by atoms with Crippen LogP contribution in [0.25, 0.3) is 0 Å². The Balaban J connectivity index is 2.17. The monoisotopic (exact) mass is 274 g/mol. The molecule has 106 valence electrons. The van der Waals surface area contributed by atoms with E-state index in [1.807, 2.05) is 13.0 Å². The molecule has 2 rings (SSSR count). The molecule has 0 bridgehead atoms. The van der Waals surface area contributed by atoms with Gasteiger partial charge in [0.1, 0.15) is 18.2 Å². The summed E-state index contributed by atoms with van der Waals surface area (Å²) in [5.41, 5.74) is 0.704. The first kappa shape index (κ1) is 14.3. The van der Waals surface area contributed by atoms with E-state index in [1.54, 1.807) is 13.8 Å². The topological polar surface area (TPSA) is 87.8 Å². The number of carbonyl (C=O) groups is 1. The number of aromatic nitrogens is 2. The maximum absolute atomic E-state index is 12.0. The number of carbonyl (C=O) groups excluding carboxylic acids is 1. The minimum Gasteiger partial charge on any atom is -0.352 e. The van der Waals surface area contributed by atoms with Crippen molar-refractivity contribution in [2.24, 2.45) is 5.92 Å². The maximum atomic E-state index is 12.0. The highest BCUT2D eigenvalue weighted by atomic mass is 16.2. The standard InChI is InChI=1S/C14H18N4O2/c1-8-9(2)17-18(14(20)12(8)6-15)7-13(19)16-10(3)11-4-5-11/h10-11H,4-5,7H2,1-3H3,(H,16,19)/t10-/m0/s1. The Morgan fingerprint density at radius 3 is 2.75 bits per heavy atom. The van der Waals surface area contributed by atoms with Crippen LogP contribution >= 0.6 is 0 Å². The van der Waals surface area contributed by atoms with E-state index < -0.39 is 5.56 Å². The molecule has 1 N–H and O–H groups in total. The smallest absolute Gasteiger partial charge is 0.285 e. The number of amides is 1. The first-order chi connectivity index (χ1) is 9.43. The van der Waals surface area contributed by atoms with Crippen molar-refractivity contribution in [1.29, 1.82) is 5.26 Å². The summed E-state index contributed by atoms with van der Waals surface area (Å²) in [5, 5.41) is 16.0. The van der Waals surface area contributed by atoms with Crippen molar-refractivity contribution < 1.29 is 4.79 Å². The fourth-order valence-corrected chi connectivity index (χ4v) is 2.16. The lowest BCUT2D eigenvalue weighted by atomic mass is 10.1. The molecular formula is C14H18N4O2. The molecule has 1 aliphatic rings. The van der Waals surface area contributed by atoms with E-state index in [1.165, 1.54) is 0 Å². The van der Waals surface area contributed by atoms with Gasteiger partial charge in [-0.25, -0.2) is 4.68 Å². The molecule has 0 aromatic carbocycles. The van der Waals surface area contributed by atoms with Gasteiger partial charge in [-0.05, 0) is 45.1 Å². The first-order valence-electron chi connectivity index (χ1n) is 6.71. The van der Waals surface area contributed by atoms with Crippen molar-refractivity contribution in [2.45, 2.75) is 46.2 Å². The second kappa shape index (κ2) is 5.45. The zero-order chi connectivity index (χ0) is 14.9. The van der Waals surface area contributed by atoms with Crippen LogP contribution in [0.2, 0.25) is 0 Å². The minimum atomic E-state index is -0.509. The number of nitriles is 1. The molecule has 0 radical (unpaired) electrons. The van der Waals surface area contributed by atoms with Crippen LogP contribution in [0, 0.1) is 31.1 Å². The van der Waals surface area contributed by atoms with E-state index in [-0.39, 0.29) is 24.1 Å². The second-order valence-corrected chi connectivity index (χ2v) is 5.35. The normalized spacial score (nSPS) is 15.5. The van der Waals surface area contributed by atoms with Gasteiger partial charge in [0.25, 0.3) is 5.56 Å². The van der Waals surface area contributed by atoms with Gasteiger partial charge >= 0.3 is 0 Å². The fourth-order valence-electron chi connectivity index (χ4n) is 2.16. The summed E-state index contributed by atoms with van der Waals surface area (Å²) in [5.74, 6) is 0.309. The molecule has 1 amide bonds. The average molecular weight is 274 g/mol. The Labute approximate surface area is 117 Å². The average Bonchev–Trinajstić information content (AvgIpc) is 3.20. The van der Waals surface area contributed by atoms with E-state index in [9.17, 15) is 9.59 Å². The maximum Gasteiger partial charge on any atom is 0.285 e. The van der Waals surface area contributed by atoms with Crippen molar-refractivity contribution in [2.75, 3.05) is 0 Å². The van der Waals surface area contributed by atoms with Crippen LogP contribution in [0.4, 0.5) is 0 Å². The summed E-state index contributed by atoms with van der Waals surface area (Å²) < 4.78 is 1.07. The van der Waals surface area contributed by atoms with Crippen LogP contribution in [0.1, 0.15) is 36.6 Å². The number of nitrogens with one attached hydrogen (secondary N) is 1. The molecule has 1 heterocycles. The largest absolute Gasteiger partial charge is 0.352 e. The third kappa shape index (κ3) is 2.87. The molecule has 0 aliphatic heterocycles. The Morgan fingerprint density at radius 1 is 1.55 bits per heavy atom. The van der Waals surface area contributed by atoms with Crippen molar-refractivity contribution in [1.82, 2.24) is 15.1 Å². The fraction of sp³-hybridized carbons (Fsp3) is 0.571. The van der Waals surface area contributed by atoms with Crippen molar-refractivity contribution >= 4 is 5.91 Å². The molecule has 1 aromatic heterocycles. The van der Waals surface area contributed by atoms with Gasteiger partial charge in [0.05, 0.1) is 5.69 Å². The van der Waals surface area contributed by atoms with E-state index in [4.69, 9.17) is 5.26 Å². The minimum absolute atomic E-state index is 0.0561. The molecule has 20 heavy (non-hydrogen) atoms. The molecule has 6 nitrogen and oxygen atoms in total. The van der Waals surface area contributed by atoms with Gasteiger partial charge in [0.2, 0.25) is 5.91 Å². The van der Waals surface area contributed by atoms with Crippen molar-refractivity contribution in [3.05, 3.63) is 27.2 Å². The number of hydrogen-bond donors (Lipinski definition) is 1. The lowest BCUT2D eigenvalue weighted by molar-refractivity contribution is -0.122. The third-order valence-electron chi connectivity index (χ3n) is 3.76. The highest BCUT2D eigenvalue weighted by Gasteiger charge is 2.29. The van der Waals surface area contributed by atoms with Crippen LogP contribution in [-0.4, -0.2) is 21.7 Å². The second-order valence-electron chi connectivity index (χ2n) is 5.35. The molecule has 0 spiro atoms. The lowest BCUT2D eigenvalue weighted by Crippen LogP contribution is -2.40. The van der Waals surface area contributed by atoms with Crippen molar-refractivity contribution in [3.8, 4) is 6.07 Å². The van der Waals surface area contributed by atoms with Gasteiger partial charge in [-0.1, -0.05) is 0 Å². The summed E-state index contributed by atoms with van der Waals surface area (Å²) >= 11 is 0. The van der Waals surface area contributed by atoms with Gasteiger partial charge in [-0.15, -0.1) is 0 Å². The van der Waals surface area contributed by atoms with Gasteiger partial charge in [0.15, 0.2) is 0 Å². The number of hydrogen-bond acceptors (Lipinski definition) is 4. The number of aryl methyl sites for hydroxylation is 1. The van der Waals surface area contributed by atoms with Crippen LogP contribution in [0.15, 0.2) is 4.79 Å². The quantitative estimate of drug-likeness (QED) is 0.873. The van der Waals surface area contributed by atoms with Gasteiger partial charge in [-0.2, -0.15) is 10.4 Å². The number of rotatable bonds is 4. The van der Waals surface area contributed by atoms with Crippen LogP contribution in [0.3, 0.4) is 0 Å². The molecule has 1 saturated carbocycles. The summed E-state index contributed by atoms with van der Waals surface area (Å²) in [7, 11) is 0. The Kier molecular flexibility index (Phi) is 3.89. The summed E-state index contributed by atoms with van der Waals surface area (Å²) in [6, 6.07) is 2.01. The molecule has 0 saturated heterocycles. The van der Waals surface area contributed by atoms with E-state index in [0.29, 0.717) is 17.2 Å². The van der Waals surface area contributed by atoms with E-state index in [0.717, 1.165) is 17.5 Å². The Bertz CT molecular complexity index is 638. The third-order valence-corrected chi connectivity index (χ3v) is 3.76. The predicted octanol–water partition coefficient (Wildman–Crippen LogP) is 0.647. The van der Waals surface area contributed by atoms with E-state index >= 15 is 0 Å². The van der Waals surface area contributed by atoms with Gasteiger partial charge in [0, 0.05) is 6.04 Å². The van der Waals surface area contributed by atoms with E-state index in [2.05, 4.69) is 10.4 Å². The highest BCUT2D eigenvalue weighted by molar-refractivity contribution is 5.76. The molecule has 1 aliphatic carbocycles. The molecule has 0 unspecified atom stereocenters. The zero-order valence-electron chi connectivity index (χ0n) is 11.9. The van der Waals surface area contributed by atoms with Gasteiger partial charge < -0.3 is 5.32 Å². The van der Waals surface area contributed by atoms with Crippen LogP contribution < -0.4 is 10.9 Å². The summed E-state index contributed by atoms with van der Waals surface area (Å²) in [6.45, 7) is 5.22.